The second-order valence-corrected chi connectivity index (χ2v) is 5.25. The third-order valence-corrected chi connectivity index (χ3v) is 3.73. The Hall–Kier alpha value is -2.14. The molecule has 1 unspecified atom stereocenters. The lowest BCUT2D eigenvalue weighted by Crippen LogP contribution is -2.24. The number of benzene rings is 1. The highest BCUT2D eigenvalue weighted by Crippen LogP contribution is 2.33. The summed E-state index contributed by atoms with van der Waals surface area (Å²) in [5.41, 5.74) is 10.8. The zero-order chi connectivity index (χ0) is 14.1. The molecule has 20 heavy (non-hydrogen) atoms. The number of halogens is 1. The van der Waals surface area contributed by atoms with E-state index in [0.29, 0.717) is 23.4 Å². The standard InChI is InChI=1S/C14H13ClN4O/c15-10-3-1-8(2-4-10)9-5-12-11(13(20)6-9)7-17-14(16)19-18-12/h1-4,7,9,18H,5-6H2,(H2,16,19). The van der Waals surface area contributed by atoms with E-state index >= 15 is 0 Å². The van der Waals surface area contributed by atoms with Crippen molar-refractivity contribution in [1.82, 2.24) is 5.43 Å². The molecule has 3 N–H and O–H groups in total. The number of guanidine groups is 1. The highest BCUT2D eigenvalue weighted by molar-refractivity contribution is 6.30. The first kappa shape index (κ1) is 12.9. The van der Waals surface area contributed by atoms with Crippen molar-refractivity contribution in [3.63, 3.8) is 0 Å². The SMILES string of the molecule is NC1=NNC2=C(C=N1)C(=O)CC(c1ccc(Cl)cc1)C2. The van der Waals surface area contributed by atoms with Crippen molar-refractivity contribution in [2.45, 2.75) is 18.8 Å². The Kier molecular flexibility index (Phi) is 3.28. The summed E-state index contributed by atoms with van der Waals surface area (Å²) >= 11 is 5.89. The molecule has 1 heterocycles. The van der Waals surface area contributed by atoms with Crippen molar-refractivity contribution in [3.05, 3.63) is 46.1 Å². The highest BCUT2D eigenvalue weighted by atomic mass is 35.5. The van der Waals surface area contributed by atoms with Gasteiger partial charge in [0.05, 0.1) is 5.57 Å². The number of Topliss-reactive ketones (excluding diaryl/α,β-unsaturated/α-hetero) is 1. The fourth-order valence-corrected chi connectivity index (χ4v) is 2.57. The average Bonchev–Trinajstić information content (AvgIpc) is 2.62. The van der Waals surface area contributed by atoms with E-state index in [2.05, 4.69) is 15.5 Å². The van der Waals surface area contributed by atoms with E-state index in [1.54, 1.807) is 0 Å². The van der Waals surface area contributed by atoms with E-state index in [-0.39, 0.29) is 17.7 Å². The van der Waals surface area contributed by atoms with Crippen LogP contribution in [0.1, 0.15) is 24.3 Å². The lowest BCUT2D eigenvalue weighted by atomic mass is 9.82. The quantitative estimate of drug-likeness (QED) is 0.829. The molecule has 0 saturated heterocycles. The molecule has 102 valence electrons. The minimum absolute atomic E-state index is 0.0485. The first-order valence-electron chi connectivity index (χ1n) is 6.28. The minimum Gasteiger partial charge on any atom is -0.367 e. The molecule has 1 aliphatic heterocycles. The molecule has 5 nitrogen and oxygen atoms in total. The van der Waals surface area contributed by atoms with Gasteiger partial charge in [0, 0.05) is 23.4 Å². The predicted molar refractivity (Wildman–Crippen MR) is 78.7 cm³/mol. The van der Waals surface area contributed by atoms with Crippen LogP contribution in [-0.2, 0) is 4.79 Å². The molecule has 0 amide bonds. The number of hydrogen-bond donors (Lipinski definition) is 2. The third kappa shape index (κ3) is 2.44. The van der Waals surface area contributed by atoms with Crippen LogP contribution in [0.15, 0.2) is 45.6 Å². The molecule has 3 rings (SSSR count). The van der Waals surface area contributed by atoms with Gasteiger partial charge in [0.15, 0.2) is 5.78 Å². The molecule has 1 aromatic rings. The minimum atomic E-state index is 0.0485. The van der Waals surface area contributed by atoms with E-state index in [1.807, 2.05) is 24.3 Å². The molecule has 0 fully saturated rings. The number of carbonyl (C=O) groups excluding carboxylic acids is 1. The molecular formula is C14H13ClN4O. The molecule has 0 radical (unpaired) electrons. The van der Waals surface area contributed by atoms with Crippen LogP contribution in [0.5, 0.6) is 0 Å². The van der Waals surface area contributed by atoms with Gasteiger partial charge in [-0.1, -0.05) is 23.7 Å². The van der Waals surface area contributed by atoms with Crippen LogP contribution >= 0.6 is 11.6 Å². The maximum atomic E-state index is 12.2. The van der Waals surface area contributed by atoms with E-state index in [1.165, 1.54) is 6.21 Å². The number of aliphatic imine (C=N–C) groups is 1. The lowest BCUT2D eigenvalue weighted by molar-refractivity contribution is -0.115. The summed E-state index contributed by atoms with van der Waals surface area (Å²) in [6.45, 7) is 0. The van der Waals surface area contributed by atoms with Gasteiger partial charge in [0.2, 0.25) is 5.96 Å². The van der Waals surface area contributed by atoms with Crippen LogP contribution in [0.4, 0.5) is 0 Å². The van der Waals surface area contributed by atoms with Crippen molar-refractivity contribution in [2.24, 2.45) is 15.8 Å². The normalized spacial score (nSPS) is 21.9. The number of rotatable bonds is 1. The Labute approximate surface area is 121 Å². The van der Waals surface area contributed by atoms with Gasteiger partial charge in [-0.25, -0.2) is 4.99 Å². The van der Waals surface area contributed by atoms with Crippen molar-refractivity contribution in [1.29, 1.82) is 0 Å². The van der Waals surface area contributed by atoms with Crippen LogP contribution in [0.3, 0.4) is 0 Å². The number of nitrogens with two attached hydrogens (primary N) is 1. The Morgan fingerprint density at radius 1 is 1.25 bits per heavy atom. The Balaban J connectivity index is 1.90. The van der Waals surface area contributed by atoms with Crippen LogP contribution in [0.2, 0.25) is 5.02 Å². The fraction of sp³-hybridized carbons (Fsp3) is 0.214. The van der Waals surface area contributed by atoms with E-state index in [9.17, 15) is 4.79 Å². The van der Waals surface area contributed by atoms with Crippen LogP contribution < -0.4 is 11.2 Å². The van der Waals surface area contributed by atoms with Gasteiger partial charge in [-0.3, -0.25) is 10.2 Å². The Morgan fingerprint density at radius 2 is 2.00 bits per heavy atom. The predicted octanol–water partition coefficient (Wildman–Crippen LogP) is 1.94. The molecule has 1 aromatic carbocycles. The summed E-state index contributed by atoms with van der Waals surface area (Å²) in [4.78, 5) is 16.1. The monoisotopic (exact) mass is 288 g/mol. The number of allylic oxidation sites excluding steroid dienone is 2. The van der Waals surface area contributed by atoms with Gasteiger partial charge in [-0.15, -0.1) is 5.10 Å². The van der Waals surface area contributed by atoms with E-state index < -0.39 is 0 Å². The Bertz CT molecular complexity index is 646. The molecule has 6 heteroatoms. The summed E-state index contributed by atoms with van der Waals surface area (Å²) in [7, 11) is 0. The van der Waals surface area contributed by atoms with Gasteiger partial charge in [-0.05, 0) is 30.0 Å². The maximum absolute atomic E-state index is 12.2. The topological polar surface area (TPSA) is 79.8 Å². The number of nitrogens with zero attached hydrogens (tertiary/aromatic N) is 2. The molecule has 2 aliphatic rings. The lowest BCUT2D eigenvalue weighted by Gasteiger charge is -2.24. The Morgan fingerprint density at radius 3 is 2.75 bits per heavy atom. The highest BCUT2D eigenvalue weighted by Gasteiger charge is 2.28. The molecule has 1 atom stereocenters. The van der Waals surface area contributed by atoms with E-state index in [0.717, 1.165) is 11.3 Å². The van der Waals surface area contributed by atoms with E-state index in [4.69, 9.17) is 17.3 Å². The zero-order valence-electron chi connectivity index (χ0n) is 10.6. The van der Waals surface area contributed by atoms with Crippen LogP contribution in [0.25, 0.3) is 0 Å². The number of hydrogen-bond acceptors (Lipinski definition) is 5. The van der Waals surface area contributed by atoms with Crippen molar-refractivity contribution in [2.75, 3.05) is 0 Å². The largest absolute Gasteiger partial charge is 0.367 e. The first-order valence-corrected chi connectivity index (χ1v) is 6.66. The smallest absolute Gasteiger partial charge is 0.237 e. The summed E-state index contributed by atoms with van der Waals surface area (Å²) in [6.07, 6.45) is 2.65. The summed E-state index contributed by atoms with van der Waals surface area (Å²) in [5, 5.41) is 4.59. The number of nitrogens with one attached hydrogen (secondary N) is 1. The summed E-state index contributed by atoms with van der Waals surface area (Å²) in [5.74, 6) is 0.288. The molecule has 0 spiro atoms. The molecule has 0 bridgehead atoms. The average molecular weight is 289 g/mol. The van der Waals surface area contributed by atoms with Gasteiger partial charge in [0.25, 0.3) is 0 Å². The molecule has 0 saturated carbocycles. The molecular weight excluding hydrogens is 276 g/mol. The maximum Gasteiger partial charge on any atom is 0.237 e. The fourth-order valence-electron chi connectivity index (χ4n) is 2.44. The van der Waals surface area contributed by atoms with Gasteiger partial charge < -0.3 is 5.73 Å². The van der Waals surface area contributed by atoms with Crippen molar-refractivity contribution in [3.8, 4) is 0 Å². The summed E-state index contributed by atoms with van der Waals surface area (Å²) in [6, 6.07) is 7.58. The van der Waals surface area contributed by atoms with Crippen molar-refractivity contribution >= 4 is 29.6 Å². The summed E-state index contributed by atoms with van der Waals surface area (Å²) < 4.78 is 0. The van der Waals surface area contributed by atoms with Crippen LogP contribution in [-0.4, -0.2) is 18.0 Å². The van der Waals surface area contributed by atoms with Gasteiger partial charge in [0.1, 0.15) is 0 Å². The zero-order valence-corrected chi connectivity index (χ0v) is 11.4. The van der Waals surface area contributed by atoms with Gasteiger partial charge in [-0.2, -0.15) is 0 Å². The van der Waals surface area contributed by atoms with Crippen LogP contribution in [0, 0.1) is 0 Å². The second kappa shape index (κ2) is 5.09. The van der Waals surface area contributed by atoms with Crippen molar-refractivity contribution < 1.29 is 4.79 Å². The number of carbonyl (C=O) groups is 1. The first-order chi connectivity index (χ1) is 9.63. The number of ketones is 1. The number of hydrazone groups is 1. The van der Waals surface area contributed by atoms with Gasteiger partial charge >= 0.3 is 0 Å². The molecule has 1 aliphatic carbocycles. The molecule has 0 aromatic heterocycles. The second-order valence-electron chi connectivity index (χ2n) is 4.81. The third-order valence-electron chi connectivity index (χ3n) is 3.48.